The fourth-order valence-corrected chi connectivity index (χ4v) is 2.37. The Hall–Kier alpha value is -1.59. The molecule has 0 spiro atoms. The molecule has 0 fully saturated rings. The number of thiazole rings is 1. The van der Waals surface area contributed by atoms with E-state index in [1.165, 1.54) is 5.56 Å². The van der Waals surface area contributed by atoms with E-state index in [-0.39, 0.29) is 0 Å². The van der Waals surface area contributed by atoms with Crippen molar-refractivity contribution in [2.24, 2.45) is 5.73 Å². The highest BCUT2D eigenvalue weighted by Gasteiger charge is 2.07. The molecule has 0 amide bonds. The zero-order valence-corrected chi connectivity index (χ0v) is 12.0. The van der Waals surface area contributed by atoms with Crippen LogP contribution in [-0.4, -0.2) is 12.1 Å². The predicted molar refractivity (Wildman–Crippen MR) is 76.7 cm³/mol. The van der Waals surface area contributed by atoms with Gasteiger partial charge in [0.2, 0.25) is 0 Å². The van der Waals surface area contributed by atoms with Gasteiger partial charge in [-0.1, -0.05) is 13.0 Å². The summed E-state index contributed by atoms with van der Waals surface area (Å²) in [5, 5.41) is 2.89. The Morgan fingerprint density at radius 1 is 1.32 bits per heavy atom. The van der Waals surface area contributed by atoms with Gasteiger partial charge in [-0.2, -0.15) is 0 Å². The fraction of sp³-hybridized carbons (Fsp3) is 0.357. The lowest BCUT2D eigenvalue weighted by atomic mass is 10.1. The lowest BCUT2D eigenvalue weighted by molar-refractivity contribution is 0.281. The van der Waals surface area contributed by atoms with E-state index in [0.29, 0.717) is 13.2 Å². The third-order valence-electron chi connectivity index (χ3n) is 2.79. The van der Waals surface area contributed by atoms with Gasteiger partial charge in [0.15, 0.2) is 11.5 Å². The molecule has 4 nitrogen and oxygen atoms in total. The monoisotopic (exact) mass is 278 g/mol. The molecule has 2 rings (SSSR count). The molecule has 1 aromatic heterocycles. The normalized spacial score (nSPS) is 10.5. The van der Waals surface area contributed by atoms with Gasteiger partial charge in [-0.15, -0.1) is 11.3 Å². The van der Waals surface area contributed by atoms with Gasteiger partial charge >= 0.3 is 0 Å². The van der Waals surface area contributed by atoms with E-state index in [1.807, 2.05) is 23.6 Å². The summed E-state index contributed by atoms with van der Waals surface area (Å²) in [6.45, 7) is 3.01. The Morgan fingerprint density at radius 3 is 2.79 bits per heavy atom. The van der Waals surface area contributed by atoms with E-state index in [0.717, 1.165) is 28.6 Å². The maximum Gasteiger partial charge on any atom is 0.161 e. The number of ether oxygens (including phenoxy) is 2. The molecule has 2 aromatic rings. The first kappa shape index (κ1) is 13.8. The molecule has 0 atom stereocenters. The van der Waals surface area contributed by atoms with Crippen LogP contribution in [-0.2, 0) is 19.6 Å². The van der Waals surface area contributed by atoms with Gasteiger partial charge in [0, 0.05) is 11.9 Å². The second kappa shape index (κ2) is 6.54. The number of aryl methyl sites for hydroxylation is 1. The van der Waals surface area contributed by atoms with Crippen molar-refractivity contribution in [2.45, 2.75) is 26.5 Å². The highest BCUT2D eigenvalue weighted by Crippen LogP contribution is 2.29. The molecule has 0 radical (unpaired) electrons. The van der Waals surface area contributed by atoms with E-state index < -0.39 is 0 Å². The smallest absolute Gasteiger partial charge is 0.161 e. The molecule has 102 valence electrons. The molecule has 0 bridgehead atoms. The largest absolute Gasteiger partial charge is 0.493 e. The number of rotatable bonds is 6. The number of hydrogen-bond acceptors (Lipinski definition) is 5. The van der Waals surface area contributed by atoms with Crippen LogP contribution in [0.3, 0.4) is 0 Å². The number of hydrogen-bond donors (Lipinski definition) is 1. The van der Waals surface area contributed by atoms with Crippen LogP contribution in [0.4, 0.5) is 0 Å². The maximum atomic E-state index is 5.75. The van der Waals surface area contributed by atoms with E-state index in [9.17, 15) is 0 Å². The van der Waals surface area contributed by atoms with Crippen LogP contribution in [0.1, 0.15) is 23.2 Å². The average Bonchev–Trinajstić information content (AvgIpc) is 2.92. The van der Waals surface area contributed by atoms with Crippen molar-refractivity contribution in [3.63, 3.8) is 0 Å². The summed E-state index contributed by atoms with van der Waals surface area (Å²) < 4.78 is 11.1. The highest BCUT2D eigenvalue weighted by molar-refractivity contribution is 7.09. The molecule has 0 saturated heterocycles. The Balaban J connectivity index is 2.06. The summed E-state index contributed by atoms with van der Waals surface area (Å²) in [5.74, 6) is 1.50. The van der Waals surface area contributed by atoms with E-state index in [4.69, 9.17) is 15.2 Å². The highest BCUT2D eigenvalue weighted by atomic mass is 32.1. The topological polar surface area (TPSA) is 57.4 Å². The summed E-state index contributed by atoms with van der Waals surface area (Å²) >= 11 is 1.55. The van der Waals surface area contributed by atoms with Crippen LogP contribution in [0.25, 0.3) is 0 Å². The molecule has 2 N–H and O–H groups in total. The fourth-order valence-electron chi connectivity index (χ4n) is 1.71. The van der Waals surface area contributed by atoms with Crippen LogP contribution < -0.4 is 15.2 Å². The van der Waals surface area contributed by atoms with Gasteiger partial charge in [-0.05, 0) is 24.1 Å². The quantitative estimate of drug-likeness (QED) is 0.882. The van der Waals surface area contributed by atoms with Crippen LogP contribution in [0.2, 0.25) is 0 Å². The van der Waals surface area contributed by atoms with E-state index in [2.05, 4.69) is 11.9 Å². The van der Waals surface area contributed by atoms with Crippen molar-refractivity contribution in [3.8, 4) is 11.5 Å². The second-order valence-corrected chi connectivity index (χ2v) is 5.01. The first-order valence-electron chi connectivity index (χ1n) is 6.19. The summed E-state index contributed by atoms with van der Waals surface area (Å²) in [5.41, 5.74) is 7.66. The standard InChI is InChI=1S/C14H18N2O2S/c1-3-10-4-5-12(13(6-10)17-2)18-8-11-9-19-14(7-15)16-11/h4-6,9H,3,7-8,15H2,1-2H3. The minimum absolute atomic E-state index is 0.429. The molecular weight excluding hydrogens is 260 g/mol. The summed E-state index contributed by atoms with van der Waals surface area (Å²) in [6, 6.07) is 5.99. The van der Waals surface area contributed by atoms with Gasteiger partial charge in [0.05, 0.1) is 12.8 Å². The van der Waals surface area contributed by atoms with Crippen molar-refractivity contribution in [3.05, 3.63) is 39.8 Å². The number of nitrogens with zero attached hydrogens (tertiary/aromatic N) is 1. The van der Waals surface area contributed by atoms with Crippen molar-refractivity contribution in [1.82, 2.24) is 4.98 Å². The van der Waals surface area contributed by atoms with E-state index in [1.54, 1.807) is 18.4 Å². The third-order valence-corrected chi connectivity index (χ3v) is 3.71. The Morgan fingerprint density at radius 2 is 2.16 bits per heavy atom. The first-order valence-corrected chi connectivity index (χ1v) is 7.07. The summed E-state index contributed by atoms with van der Waals surface area (Å²) in [7, 11) is 1.65. The first-order chi connectivity index (χ1) is 9.26. The predicted octanol–water partition coefficient (Wildman–Crippen LogP) is 2.75. The van der Waals surface area contributed by atoms with Crippen molar-refractivity contribution < 1.29 is 9.47 Å². The molecule has 1 aromatic carbocycles. The number of nitrogens with two attached hydrogens (primary N) is 1. The van der Waals surface area contributed by atoms with Gasteiger partial charge in [0.25, 0.3) is 0 Å². The molecule has 0 aliphatic rings. The molecule has 1 heterocycles. The number of aromatic nitrogens is 1. The van der Waals surface area contributed by atoms with Crippen LogP contribution in [0.5, 0.6) is 11.5 Å². The van der Waals surface area contributed by atoms with Crippen molar-refractivity contribution >= 4 is 11.3 Å². The molecule has 0 unspecified atom stereocenters. The average molecular weight is 278 g/mol. The van der Waals surface area contributed by atoms with Crippen LogP contribution in [0.15, 0.2) is 23.6 Å². The zero-order chi connectivity index (χ0) is 13.7. The number of methoxy groups -OCH3 is 1. The van der Waals surface area contributed by atoms with Crippen LogP contribution >= 0.6 is 11.3 Å². The Kier molecular flexibility index (Phi) is 4.76. The third kappa shape index (κ3) is 3.45. The minimum Gasteiger partial charge on any atom is -0.493 e. The summed E-state index contributed by atoms with van der Waals surface area (Å²) in [4.78, 5) is 4.36. The van der Waals surface area contributed by atoms with Crippen molar-refractivity contribution in [1.29, 1.82) is 0 Å². The molecule has 0 saturated carbocycles. The van der Waals surface area contributed by atoms with Crippen LogP contribution in [0, 0.1) is 0 Å². The Labute approximate surface area is 117 Å². The minimum atomic E-state index is 0.429. The van der Waals surface area contributed by atoms with Gasteiger partial charge < -0.3 is 15.2 Å². The van der Waals surface area contributed by atoms with Gasteiger partial charge in [-0.3, -0.25) is 0 Å². The van der Waals surface area contributed by atoms with Gasteiger partial charge in [0.1, 0.15) is 11.6 Å². The molecular formula is C14H18N2O2S. The molecule has 19 heavy (non-hydrogen) atoms. The zero-order valence-electron chi connectivity index (χ0n) is 11.2. The summed E-state index contributed by atoms with van der Waals surface area (Å²) in [6.07, 6.45) is 0.975. The SMILES string of the molecule is CCc1ccc(OCc2csc(CN)n2)c(OC)c1. The molecule has 5 heteroatoms. The molecule has 0 aliphatic carbocycles. The second-order valence-electron chi connectivity index (χ2n) is 4.06. The maximum absolute atomic E-state index is 5.75. The van der Waals surface area contributed by atoms with Crippen molar-refractivity contribution in [2.75, 3.05) is 7.11 Å². The lowest BCUT2D eigenvalue weighted by Crippen LogP contribution is -2.00. The molecule has 0 aliphatic heterocycles. The lowest BCUT2D eigenvalue weighted by Gasteiger charge is -2.10. The Bertz CT molecular complexity index is 540. The van der Waals surface area contributed by atoms with Gasteiger partial charge in [-0.25, -0.2) is 4.98 Å². The number of benzene rings is 1. The van der Waals surface area contributed by atoms with E-state index >= 15 is 0 Å².